The minimum atomic E-state index is 0.679. The lowest BCUT2D eigenvalue weighted by Gasteiger charge is -2.07. The van der Waals surface area contributed by atoms with Crippen LogP contribution in [-0.2, 0) is 4.74 Å². The molecular formula is C17H22N2O. The fourth-order valence-electron chi connectivity index (χ4n) is 1.56. The molecule has 0 bridgehead atoms. The number of aromatic nitrogens is 1. The molecule has 0 spiro atoms. The fourth-order valence-corrected chi connectivity index (χ4v) is 1.56. The van der Waals surface area contributed by atoms with E-state index >= 15 is 0 Å². The molecule has 0 aromatic carbocycles. The highest BCUT2D eigenvalue weighted by molar-refractivity contribution is 5.50. The van der Waals surface area contributed by atoms with Gasteiger partial charge in [0, 0.05) is 24.6 Å². The molecule has 0 aliphatic heterocycles. The van der Waals surface area contributed by atoms with Gasteiger partial charge in [-0.1, -0.05) is 30.9 Å². The predicted octanol–water partition coefficient (Wildman–Crippen LogP) is 3.69. The second-order valence-electron chi connectivity index (χ2n) is 4.48. The van der Waals surface area contributed by atoms with Crippen LogP contribution >= 0.6 is 0 Å². The van der Waals surface area contributed by atoms with Crippen molar-refractivity contribution in [1.82, 2.24) is 10.3 Å². The highest BCUT2D eigenvalue weighted by Crippen LogP contribution is 2.05. The number of nitrogens with one attached hydrogen (secondary N) is 1. The van der Waals surface area contributed by atoms with Crippen molar-refractivity contribution in [1.29, 1.82) is 0 Å². The standard InChI is InChI=1S/C17H22N2O/c1-14(12-16(3)20-4)9-11-19-15(2)7-8-17-6-5-10-18-13-17/h5-8,10,12-13,19H,2-3,9,11H2,1,4H3/b8-7+,14-12+. The predicted molar refractivity (Wildman–Crippen MR) is 84.9 cm³/mol. The molecular weight excluding hydrogens is 248 g/mol. The summed E-state index contributed by atoms with van der Waals surface area (Å²) in [5.41, 5.74) is 3.16. The number of nitrogens with zero attached hydrogens (tertiary/aromatic N) is 1. The van der Waals surface area contributed by atoms with Crippen LogP contribution in [0.2, 0.25) is 0 Å². The number of methoxy groups -OCH3 is 1. The molecule has 0 fully saturated rings. The van der Waals surface area contributed by atoms with Crippen LogP contribution in [0.4, 0.5) is 0 Å². The van der Waals surface area contributed by atoms with E-state index in [2.05, 4.69) is 30.4 Å². The van der Waals surface area contributed by atoms with Gasteiger partial charge in [-0.3, -0.25) is 4.98 Å². The first-order chi connectivity index (χ1) is 9.61. The summed E-state index contributed by atoms with van der Waals surface area (Å²) in [6.45, 7) is 10.6. The lowest BCUT2D eigenvalue weighted by molar-refractivity contribution is 0.308. The second-order valence-corrected chi connectivity index (χ2v) is 4.48. The van der Waals surface area contributed by atoms with Crippen LogP contribution in [-0.4, -0.2) is 18.6 Å². The molecule has 20 heavy (non-hydrogen) atoms. The first kappa shape index (κ1) is 15.8. The molecule has 3 heteroatoms. The highest BCUT2D eigenvalue weighted by Gasteiger charge is 1.93. The minimum Gasteiger partial charge on any atom is -0.497 e. The van der Waals surface area contributed by atoms with Gasteiger partial charge in [-0.15, -0.1) is 0 Å². The minimum absolute atomic E-state index is 0.679. The summed E-state index contributed by atoms with van der Waals surface area (Å²) < 4.78 is 5.01. The highest BCUT2D eigenvalue weighted by atomic mass is 16.5. The largest absolute Gasteiger partial charge is 0.497 e. The summed E-state index contributed by atoms with van der Waals surface area (Å²) in [5.74, 6) is 0.679. The zero-order valence-corrected chi connectivity index (χ0v) is 12.2. The Bertz CT molecular complexity index is 501. The fraction of sp³-hybridized carbons (Fsp3) is 0.235. The summed E-state index contributed by atoms with van der Waals surface area (Å²) in [6, 6.07) is 3.91. The Labute approximate surface area is 121 Å². The molecule has 106 valence electrons. The van der Waals surface area contributed by atoms with Gasteiger partial charge in [0.05, 0.1) is 7.11 Å². The van der Waals surface area contributed by atoms with Gasteiger partial charge in [0.2, 0.25) is 0 Å². The van der Waals surface area contributed by atoms with E-state index in [1.165, 1.54) is 5.57 Å². The molecule has 0 saturated carbocycles. The van der Waals surface area contributed by atoms with Crippen LogP contribution in [0.1, 0.15) is 18.9 Å². The van der Waals surface area contributed by atoms with Crippen molar-refractivity contribution in [3.05, 3.63) is 72.4 Å². The first-order valence-electron chi connectivity index (χ1n) is 6.53. The zero-order chi connectivity index (χ0) is 14.8. The van der Waals surface area contributed by atoms with Gasteiger partial charge < -0.3 is 10.1 Å². The maximum absolute atomic E-state index is 5.01. The normalized spacial score (nSPS) is 11.4. The third kappa shape index (κ3) is 6.59. The van der Waals surface area contributed by atoms with Crippen LogP contribution in [0.15, 0.2) is 66.9 Å². The van der Waals surface area contributed by atoms with Crippen molar-refractivity contribution in [3.63, 3.8) is 0 Å². The molecule has 0 amide bonds. The Morgan fingerprint density at radius 3 is 2.90 bits per heavy atom. The average Bonchev–Trinajstić information content (AvgIpc) is 2.46. The SMILES string of the molecule is C=C(/C=C/c1cccnc1)NCC/C(C)=C/C(=C)OC. The Hall–Kier alpha value is -2.29. The Balaban J connectivity index is 2.32. The molecule has 0 unspecified atom stereocenters. The lowest BCUT2D eigenvalue weighted by Crippen LogP contribution is -2.12. The van der Waals surface area contributed by atoms with E-state index in [-0.39, 0.29) is 0 Å². The smallest absolute Gasteiger partial charge is 0.111 e. The third-order valence-electron chi connectivity index (χ3n) is 2.70. The lowest BCUT2D eigenvalue weighted by atomic mass is 10.2. The molecule has 0 aliphatic carbocycles. The summed E-state index contributed by atoms with van der Waals surface area (Å²) in [7, 11) is 1.62. The van der Waals surface area contributed by atoms with Crippen LogP contribution < -0.4 is 5.32 Å². The zero-order valence-electron chi connectivity index (χ0n) is 12.2. The third-order valence-corrected chi connectivity index (χ3v) is 2.70. The van der Waals surface area contributed by atoms with Gasteiger partial charge in [0.25, 0.3) is 0 Å². The van der Waals surface area contributed by atoms with Crippen LogP contribution in [0, 0.1) is 0 Å². The maximum atomic E-state index is 5.01. The molecule has 0 saturated heterocycles. The van der Waals surface area contributed by atoms with E-state index in [1.54, 1.807) is 13.3 Å². The second kappa shape index (κ2) is 8.75. The Morgan fingerprint density at radius 2 is 2.25 bits per heavy atom. The van der Waals surface area contributed by atoms with Crippen LogP contribution in [0.25, 0.3) is 6.08 Å². The molecule has 0 radical (unpaired) electrons. The number of rotatable bonds is 8. The molecule has 3 nitrogen and oxygen atoms in total. The molecule has 1 aromatic heterocycles. The van der Waals surface area contributed by atoms with E-state index < -0.39 is 0 Å². The van der Waals surface area contributed by atoms with Crippen LogP contribution in [0.3, 0.4) is 0 Å². The molecule has 0 aliphatic rings. The first-order valence-corrected chi connectivity index (χ1v) is 6.53. The number of hydrogen-bond donors (Lipinski definition) is 1. The molecule has 1 aromatic rings. The van der Waals surface area contributed by atoms with Crippen molar-refractivity contribution in [2.45, 2.75) is 13.3 Å². The summed E-state index contributed by atoms with van der Waals surface area (Å²) in [6.07, 6.45) is 10.4. The van der Waals surface area contributed by atoms with E-state index in [0.717, 1.165) is 24.2 Å². The van der Waals surface area contributed by atoms with Gasteiger partial charge in [-0.05, 0) is 37.1 Å². The van der Waals surface area contributed by atoms with E-state index in [1.807, 2.05) is 36.6 Å². The van der Waals surface area contributed by atoms with Crippen LogP contribution in [0.5, 0.6) is 0 Å². The van der Waals surface area contributed by atoms with E-state index in [0.29, 0.717) is 5.76 Å². The van der Waals surface area contributed by atoms with Crippen molar-refractivity contribution in [3.8, 4) is 0 Å². The van der Waals surface area contributed by atoms with Gasteiger partial charge >= 0.3 is 0 Å². The number of hydrogen-bond acceptors (Lipinski definition) is 3. The molecule has 1 N–H and O–H groups in total. The number of allylic oxidation sites excluding steroid dienone is 2. The quantitative estimate of drug-likeness (QED) is 0.578. The Kier molecular flexibility index (Phi) is 6.90. The molecule has 1 rings (SSSR count). The Morgan fingerprint density at radius 1 is 1.45 bits per heavy atom. The number of ether oxygens (including phenoxy) is 1. The number of pyridine rings is 1. The van der Waals surface area contributed by atoms with Gasteiger partial charge in [0.15, 0.2) is 0 Å². The summed E-state index contributed by atoms with van der Waals surface area (Å²) in [5, 5.41) is 3.26. The molecule has 0 atom stereocenters. The van der Waals surface area contributed by atoms with Gasteiger partial charge in [-0.2, -0.15) is 0 Å². The maximum Gasteiger partial charge on any atom is 0.111 e. The average molecular weight is 270 g/mol. The van der Waals surface area contributed by atoms with E-state index in [4.69, 9.17) is 4.74 Å². The van der Waals surface area contributed by atoms with Crippen molar-refractivity contribution in [2.24, 2.45) is 0 Å². The summed E-state index contributed by atoms with van der Waals surface area (Å²) >= 11 is 0. The van der Waals surface area contributed by atoms with Crippen molar-refractivity contribution < 1.29 is 4.74 Å². The van der Waals surface area contributed by atoms with Crippen molar-refractivity contribution in [2.75, 3.05) is 13.7 Å². The monoisotopic (exact) mass is 270 g/mol. The topological polar surface area (TPSA) is 34.2 Å². The van der Waals surface area contributed by atoms with Gasteiger partial charge in [0.1, 0.15) is 5.76 Å². The summed E-state index contributed by atoms with van der Waals surface area (Å²) in [4.78, 5) is 4.05. The van der Waals surface area contributed by atoms with E-state index in [9.17, 15) is 0 Å². The van der Waals surface area contributed by atoms with Crippen molar-refractivity contribution >= 4 is 6.08 Å². The van der Waals surface area contributed by atoms with Gasteiger partial charge in [-0.25, -0.2) is 0 Å². The molecule has 1 heterocycles.